The molecule has 2 atom stereocenters. The summed E-state index contributed by atoms with van der Waals surface area (Å²) in [6.07, 6.45) is -0.189. The molecule has 0 aromatic rings. The van der Waals surface area contributed by atoms with Gasteiger partial charge in [0.2, 0.25) is 11.8 Å². The predicted octanol–water partition coefficient (Wildman–Crippen LogP) is -1.09. The van der Waals surface area contributed by atoms with E-state index in [9.17, 15) is 19.2 Å². The van der Waals surface area contributed by atoms with E-state index in [0.717, 1.165) is 0 Å². The minimum Gasteiger partial charge on any atom is -0.480 e. The number of carbonyl (C=O) groups is 4. The SMILES string of the molecule is CC(C)COC(=O)CNC(=O)[C@H](CS)NC(=O)CC[C@H](N)C(=O)O. The van der Waals surface area contributed by atoms with Crippen LogP contribution in [0.1, 0.15) is 26.7 Å². The second kappa shape index (κ2) is 11.7. The number of carboxylic acids is 1. The van der Waals surface area contributed by atoms with Gasteiger partial charge in [-0.3, -0.25) is 19.2 Å². The first-order chi connectivity index (χ1) is 11.2. The molecule has 0 fully saturated rings. The van der Waals surface area contributed by atoms with Crippen LogP contribution in [0.3, 0.4) is 0 Å². The van der Waals surface area contributed by atoms with Gasteiger partial charge in [-0.1, -0.05) is 13.8 Å². The van der Waals surface area contributed by atoms with Gasteiger partial charge >= 0.3 is 11.9 Å². The van der Waals surface area contributed by atoms with Crippen molar-refractivity contribution in [1.29, 1.82) is 0 Å². The molecule has 138 valence electrons. The van der Waals surface area contributed by atoms with Crippen LogP contribution < -0.4 is 16.4 Å². The zero-order chi connectivity index (χ0) is 18.7. The van der Waals surface area contributed by atoms with Crippen molar-refractivity contribution >= 4 is 36.4 Å². The number of esters is 1. The van der Waals surface area contributed by atoms with E-state index in [4.69, 9.17) is 15.6 Å². The first-order valence-electron chi connectivity index (χ1n) is 7.49. The lowest BCUT2D eigenvalue weighted by Gasteiger charge is -2.16. The molecule has 0 aliphatic rings. The van der Waals surface area contributed by atoms with Crippen molar-refractivity contribution < 1.29 is 29.0 Å². The highest BCUT2D eigenvalue weighted by Crippen LogP contribution is 1.97. The lowest BCUT2D eigenvalue weighted by molar-refractivity contribution is -0.145. The molecule has 0 unspecified atom stereocenters. The minimum atomic E-state index is -1.20. The average Bonchev–Trinajstić information content (AvgIpc) is 2.52. The Morgan fingerprint density at radius 2 is 1.88 bits per heavy atom. The molecule has 0 bridgehead atoms. The topological polar surface area (TPSA) is 148 Å². The van der Waals surface area contributed by atoms with Gasteiger partial charge in [0.25, 0.3) is 0 Å². The second-order valence-electron chi connectivity index (χ2n) is 5.58. The van der Waals surface area contributed by atoms with Crippen LogP contribution in [0.2, 0.25) is 0 Å². The molecule has 0 radical (unpaired) electrons. The molecule has 0 aliphatic carbocycles. The summed E-state index contributed by atoms with van der Waals surface area (Å²) in [4.78, 5) is 45.6. The van der Waals surface area contributed by atoms with Crippen LogP contribution in [0.4, 0.5) is 0 Å². The molecule has 5 N–H and O–H groups in total. The standard InChI is InChI=1S/C14H25N3O6S/c1-8(2)6-23-12(19)5-16-13(20)10(7-24)17-11(18)4-3-9(15)14(21)22/h8-10,24H,3-7,15H2,1-2H3,(H,16,20)(H,17,18)(H,21,22)/t9-,10-/m0/s1. The Hall–Kier alpha value is -1.81. The fourth-order valence-electron chi connectivity index (χ4n) is 1.46. The van der Waals surface area contributed by atoms with Crippen molar-refractivity contribution in [3.8, 4) is 0 Å². The van der Waals surface area contributed by atoms with Crippen LogP contribution in [0.5, 0.6) is 0 Å². The van der Waals surface area contributed by atoms with Crippen molar-refractivity contribution in [1.82, 2.24) is 10.6 Å². The van der Waals surface area contributed by atoms with Gasteiger partial charge in [-0.05, 0) is 12.3 Å². The molecule has 0 heterocycles. The highest BCUT2D eigenvalue weighted by molar-refractivity contribution is 7.80. The lowest BCUT2D eigenvalue weighted by Crippen LogP contribution is -2.49. The van der Waals surface area contributed by atoms with Gasteiger partial charge in [-0.2, -0.15) is 12.6 Å². The number of amides is 2. The number of carbonyl (C=O) groups excluding carboxylic acids is 3. The van der Waals surface area contributed by atoms with E-state index in [2.05, 4.69) is 23.3 Å². The second-order valence-corrected chi connectivity index (χ2v) is 5.95. The van der Waals surface area contributed by atoms with Crippen molar-refractivity contribution in [2.24, 2.45) is 11.7 Å². The number of ether oxygens (including phenoxy) is 1. The molecular formula is C14H25N3O6S. The summed E-state index contributed by atoms with van der Waals surface area (Å²) < 4.78 is 4.91. The molecule has 0 aromatic carbocycles. The maximum absolute atomic E-state index is 11.9. The molecular weight excluding hydrogens is 338 g/mol. The van der Waals surface area contributed by atoms with E-state index < -0.39 is 35.8 Å². The highest BCUT2D eigenvalue weighted by Gasteiger charge is 2.21. The van der Waals surface area contributed by atoms with Gasteiger partial charge in [-0.15, -0.1) is 0 Å². The number of aliphatic carboxylic acids is 1. The number of nitrogens with one attached hydrogen (secondary N) is 2. The zero-order valence-corrected chi connectivity index (χ0v) is 14.7. The molecule has 0 aliphatic heterocycles. The Morgan fingerprint density at radius 3 is 2.38 bits per heavy atom. The quantitative estimate of drug-likeness (QED) is 0.231. The first-order valence-corrected chi connectivity index (χ1v) is 8.12. The van der Waals surface area contributed by atoms with E-state index in [1.165, 1.54) is 0 Å². The molecule has 2 amide bonds. The third-order valence-corrected chi connectivity index (χ3v) is 3.18. The Labute approximate surface area is 146 Å². The maximum Gasteiger partial charge on any atom is 0.325 e. The Bertz CT molecular complexity index is 458. The van der Waals surface area contributed by atoms with Gasteiger partial charge in [0.05, 0.1) is 6.61 Å². The first kappa shape index (κ1) is 22.2. The van der Waals surface area contributed by atoms with Crippen LogP contribution in [-0.2, 0) is 23.9 Å². The maximum atomic E-state index is 11.9. The van der Waals surface area contributed by atoms with Gasteiger partial charge in [-0.25, -0.2) is 0 Å². The van der Waals surface area contributed by atoms with Crippen LogP contribution in [0.25, 0.3) is 0 Å². The molecule has 0 saturated carbocycles. The van der Waals surface area contributed by atoms with Crippen molar-refractivity contribution in [3.63, 3.8) is 0 Å². The monoisotopic (exact) mass is 363 g/mol. The smallest absolute Gasteiger partial charge is 0.325 e. The normalized spacial score (nSPS) is 13.0. The Balaban J connectivity index is 4.22. The predicted molar refractivity (Wildman–Crippen MR) is 89.4 cm³/mol. The Morgan fingerprint density at radius 1 is 1.25 bits per heavy atom. The number of thiol groups is 1. The van der Waals surface area contributed by atoms with E-state index in [0.29, 0.717) is 0 Å². The van der Waals surface area contributed by atoms with Gasteiger partial charge < -0.3 is 26.2 Å². The van der Waals surface area contributed by atoms with Crippen molar-refractivity contribution in [2.45, 2.75) is 38.8 Å². The van der Waals surface area contributed by atoms with E-state index in [1.807, 2.05) is 13.8 Å². The fourth-order valence-corrected chi connectivity index (χ4v) is 1.72. The van der Waals surface area contributed by atoms with Crippen LogP contribution >= 0.6 is 12.6 Å². The van der Waals surface area contributed by atoms with Gasteiger partial charge in [0.15, 0.2) is 0 Å². The van der Waals surface area contributed by atoms with Crippen LogP contribution in [0, 0.1) is 5.92 Å². The third kappa shape index (κ3) is 10.1. The van der Waals surface area contributed by atoms with E-state index >= 15 is 0 Å². The lowest BCUT2D eigenvalue weighted by atomic mass is 10.1. The molecule has 10 heteroatoms. The summed E-state index contributed by atoms with van der Waals surface area (Å²) in [7, 11) is 0. The summed E-state index contributed by atoms with van der Waals surface area (Å²) in [6, 6.07) is -2.09. The van der Waals surface area contributed by atoms with Gasteiger partial charge in [0.1, 0.15) is 18.6 Å². The van der Waals surface area contributed by atoms with Crippen molar-refractivity contribution in [3.05, 3.63) is 0 Å². The zero-order valence-electron chi connectivity index (χ0n) is 13.8. The molecule has 24 heavy (non-hydrogen) atoms. The average molecular weight is 363 g/mol. The minimum absolute atomic E-state index is 0.0175. The molecule has 0 spiro atoms. The van der Waals surface area contributed by atoms with Crippen molar-refractivity contribution in [2.75, 3.05) is 18.9 Å². The summed E-state index contributed by atoms with van der Waals surface area (Å²) in [5, 5.41) is 13.4. The summed E-state index contributed by atoms with van der Waals surface area (Å²) in [6.45, 7) is 3.71. The molecule has 0 rings (SSSR count). The Kier molecular flexibility index (Phi) is 10.8. The van der Waals surface area contributed by atoms with Crippen LogP contribution in [-0.4, -0.2) is 59.8 Å². The number of rotatable bonds is 11. The highest BCUT2D eigenvalue weighted by atomic mass is 32.1. The van der Waals surface area contributed by atoms with Crippen LogP contribution in [0.15, 0.2) is 0 Å². The molecule has 0 saturated heterocycles. The van der Waals surface area contributed by atoms with E-state index in [1.54, 1.807) is 0 Å². The number of hydrogen-bond acceptors (Lipinski definition) is 7. The van der Waals surface area contributed by atoms with E-state index in [-0.39, 0.29) is 37.7 Å². The number of hydrogen-bond donors (Lipinski definition) is 5. The third-order valence-electron chi connectivity index (χ3n) is 2.82. The summed E-state index contributed by atoms with van der Waals surface area (Å²) >= 11 is 3.97. The number of carboxylic acid groups (broad SMARTS) is 1. The molecule has 9 nitrogen and oxygen atoms in total. The van der Waals surface area contributed by atoms with Gasteiger partial charge in [0, 0.05) is 12.2 Å². The largest absolute Gasteiger partial charge is 0.480 e. The summed E-state index contributed by atoms with van der Waals surface area (Å²) in [5.74, 6) is -2.68. The number of nitrogens with two attached hydrogens (primary N) is 1. The summed E-state index contributed by atoms with van der Waals surface area (Å²) in [5.41, 5.74) is 5.29. The molecule has 0 aromatic heterocycles. The fraction of sp³-hybridized carbons (Fsp3) is 0.714.